The van der Waals surface area contributed by atoms with E-state index in [1.165, 1.54) is 23.1 Å². The number of ether oxygens (including phenoxy) is 1. The normalized spacial score (nSPS) is 18.7. The number of amides is 1. The van der Waals surface area contributed by atoms with E-state index in [4.69, 9.17) is 4.74 Å². The summed E-state index contributed by atoms with van der Waals surface area (Å²) >= 11 is 0. The third-order valence-electron chi connectivity index (χ3n) is 7.73. The number of rotatable bonds is 4. The van der Waals surface area contributed by atoms with Crippen molar-refractivity contribution in [1.29, 1.82) is 0 Å². The molecule has 0 saturated carbocycles. The summed E-state index contributed by atoms with van der Waals surface area (Å²) in [5, 5.41) is 11.6. The van der Waals surface area contributed by atoms with Crippen LogP contribution in [-0.2, 0) is 32.6 Å². The van der Waals surface area contributed by atoms with Crippen LogP contribution in [0.3, 0.4) is 0 Å². The van der Waals surface area contributed by atoms with Crippen LogP contribution in [0.25, 0.3) is 5.76 Å². The molecule has 1 aliphatic carbocycles. The number of hydrogen-bond donors (Lipinski definition) is 1. The number of anilines is 1. The smallest absolute Gasteiger partial charge is 0.337 e. The van der Waals surface area contributed by atoms with Crippen molar-refractivity contribution in [3.05, 3.63) is 106 Å². The molecule has 1 saturated heterocycles. The summed E-state index contributed by atoms with van der Waals surface area (Å²) in [7, 11) is 1.30. The lowest BCUT2D eigenvalue weighted by Crippen LogP contribution is -2.29. The fourth-order valence-electron chi connectivity index (χ4n) is 5.49. The van der Waals surface area contributed by atoms with E-state index in [9.17, 15) is 19.5 Å². The number of fused-ring (bicyclic) bond motifs is 1. The predicted molar refractivity (Wildman–Crippen MR) is 151 cm³/mol. The Balaban J connectivity index is 1.66. The molecule has 0 radical (unpaired) electrons. The molecule has 3 aromatic carbocycles. The Morgan fingerprint density at radius 3 is 2.10 bits per heavy atom. The molecule has 1 heterocycles. The minimum absolute atomic E-state index is 0.0521. The number of esters is 1. The van der Waals surface area contributed by atoms with E-state index in [2.05, 4.69) is 20.8 Å². The van der Waals surface area contributed by atoms with E-state index in [0.717, 1.165) is 31.2 Å². The summed E-state index contributed by atoms with van der Waals surface area (Å²) in [6.07, 6.45) is 4.16. The summed E-state index contributed by atoms with van der Waals surface area (Å²) in [6.45, 7) is 6.35. The van der Waals surface area contributed by atoms with Crippen LogP contribution >= 0.6 is 0 Å². The number of carbonyl (C=O) groups is 3. The van der Waals surface area contributed by atoms with Crippen molar-refractivity contribution in [3.8, 4) is 0 Å². The lowest BCUT2D eigenvalue weighted by atomic mass is 9.85. The minimum Gasteiger partial charge on any atom is -0.507 e. The van der Waals surface area contributed by atoms with Crippen molar-refractivity contribution >= 4 is 29.1 Å². The van der Waals surface area contributed by atoms with Gasteiger partial charge in [-0.3, -0.25) is 14.5 Å². The summed E-state index contributed by atoms with van der Waals surface area (Å²) in [4.78, 5) is 40.4. The molecule has 1 atom stereocenters. The van der Waals surface area contributed by atoms with Crippen LogP contribution in [0.1, 0.15) is 77.8 Å². The van der Waals surface area contributed by atoms with Crippen LogP contribution in [-0.4, -0.2) is 29.9 Å². The Hall–Kier alpha value is -4.19. The van der Waals surface area contributed by atoms with E-state index >= 15 is 0 Å². The van der Waals surface area contributed by atoms with Crippen LogP contribution in [0.4, 0.5) is 5.69 Å². The lowest BCUT2D eigenvalue weighted by Gasteiger charge is -2.27. The van der Waals surface area contributed by atoms with Crippen molar-refractivity contribution in [2.45, 2.75) is 57.9 Å². The average molecular weight is 524 g/mol. The minimum atomic E-state index is -0.834. The second-order valence-electron chi connectivity index (χ2n) is 11.3. The van der Waals surface area contributed by atoms with Gasteiger partial charge in [0.15, 0.2) is 0 Å². The molecule has 1 fully saturated rings. The molecule has 0 spiro atoms. The number of benzene rings is 3. The number of aryl methyl sites for hydroxylation is 2. The second kappa shape index (κ2) is 10.2. The highest BCUT2D eigenvalue weighted by Crippen LogP contribution is 2.43. The third kappa shape index (κ3) is 4.87. The quantitative estimate of drug-likeness (QED) is 0.188. The SMILES string of the molecule is COC(=O)c1ccc(N2C(=O)C(=O)/C(=C(\O)c3ccc4c(c3)CCCC4)C2c2ccc(C(C)(C)C)cc2)cc1. The van der Waals surface area contributed by atoms with Gasteiger partial charge in [-0.2, -0.15) is 0 Å². The molecule has 5 rings (SSSR count). The zero-order valence-corrected chi connectivity index (χ0v) is 22.8. The maximum atomic E-state index is 13.5. The number of methoxy groups -OCH3 is 1. The first-order valence-corrected chi connectivity index (χ1v) is 13.3. The molecule has 39 heavy (non-hydrogen) atoms. The molecule has 2 aliphatic rings. The molecule has 0 bridgehead atoms. The molecule has 1 N–H and O–H groups in total. The average Bonchev–Trinajstić information content (AvgIpc) is 3.21. The van der Waals surface area contributed by atoms with Crippen LogP contribution in [0.15, 0.2) is 72.3 Å². The number of nitrogens with zero attached hydrogens (tertiary/aromatic N) is 1. The Labute approximate surface area is 228 Å². The lowest BCUT2D eigenvalue weighted by molar-refractivity contribution is -0.132. The number of carbonyl (C=O) groups excluding carboxylic acids is 3. The van der Waals surface area contributed by atoms with Gasteiger partial charge in [-0.1, -0.05) is 57.2 Å². The van der Waals surface area contributed by atoms with Gasteiger partial charge < -0.3 is 9.84 Å². The fraction of sp³-hybridized carbons (Fsp3) is 0.303. The third-order valence-corrected chi connectivity index (χ3v) is 7.73. The fourth-order valence-corrected chi connectivity index (χ4v) is 5.49. The van der Waals surface area contributed by atoms with Gasteiger partial charge in [0, 0.05) is 11.3 Å². The Morgan fingerprint density at radius 1 is 0.872 bits per heavy atom. The van der Waals surface area contributed by atoms with Crippen LogP contribution in [0.2, 0.25) is 0 Å². The van der Waals surface area contributed by atoms with Crippen LogP contribution in [0.5, 0.6) is 0 Å². The highest BCUT2D eigenvalue weighted by atomic mass is 16.5. The van der Waals surface area contributed by atoms with E-state index < -0.39 is 23.7 Å². The van der Waals surface area contributed by atoms with Crippen LogP contribution < -0.4 is 4.90 Å². The zero-order chi connectivity index (χ0) is 27.9. The number of aliphatic hydroxyl groups is 1. The van der Waals surface area contributed by atoms with Gasteiger partial charge in [-0.15, -0.1) is 0 Å². The maximum absolute atomic E-state index is 13.5. The van der Waals surface area contributed by atoms with Crippen molar-refractivity contribution in [3.63, 3.8) is 0 Å². The van der Waals surface area contributed by atoms with E-state index in [1.54, 1.807) is 24.3 Å². The maximum Gasteiger partial charge on any atom is 0.337 e. The highest BCUT2D eigenvalue weighted by molar-refractivity contribution is 6.51. The first-order valence-electron chi connectivity index (χ1n) is 13.3. The van der Waals surface area contributed by atoms with Crippen molar-refractivity contribution in [2.24, 2.45) is 0 Å². The first-order chi connectivity index (χ1) is 18.6. The van der Waals surface area contributed by atoms with E-state index in [0.29, 0.717) is 22.4 Å². The molecule has 200 valence electrons. The van der Waals surface area contributed by atoms with Gasteiger partial charge in [0.2, 0.25) is 0 Å². The summed E-state index contributed by atoms with van der Waals surface area (Å²) in [5.74, 6) is -2.15. The molecular formula is C33H33NO5. The number of ketones is 1. The number of Topliss-reactive ketones (excluding diaryl/α,β-unsaturated/α-hetero) is 1. The standard InChI is InChI=1S/C33H33NO5/c1-33(2,3)25-15-11-21(12-16-25)28-27(29(35)24-10-9-20-7-5-6-8-23(20)19-24)30(36)31(37)34(28)26-17-13-22(14-18-26)32(38)39-4/h9-19,28,35H,5-8H2,1-4H3/b29-27-. The molecule has 6 nitrogen and oxygen atoms in total. The summed E-state index contributed by atoms with van der Waals surface area (Å²) in [5.41, 5.74) is 5.54. The Morgan fingerprint density at radius 2 is 1.49 bits per heavy atom. The van der Waals surface area contributed by atoms with Gasteiger partial charge in [0.1, 0.15) is 5.76 Å². The largest absolute Gasteiger partial charge is 0.507 e. The zero-order valence-electron chi connectivity index (χ0n) is 22.8. The molecule has 1 amide bonds. The van der Waals surface area contributed by atoms with Crippen LogP contribution in [0, 0.1) is 0 Å². The number of aliphatic hydroxyl groups excluding tert-OH is 1. The molecule has 1 unspecified atom stereocenters. The van der Waals surface area contributed by atoms with Gasteiger partial charge in [0.05, 0.1) is 24.3 Å². The van der Waals surface area contributed by atoms with Crippen molar-refractivity contribution < 1.29 is 24.2 Å². The van der Waals surface area contributed by atoms with Gasteiger partial charge in [-0.05, 0) is 83.7 Å². The first kappa shape index (κ1) is 26.4. The van der Waals surface area contributed by atoms with E-state index in [1.807, 2.05) is 42.5 Å². The molecule has 1 aliphatic heterocycles. The Kier molecular flexibility index (Phi) is 6.89. The molecule has 3 aromatic rings. The predicted octanol–water partition coefficient (Wildman–Crippen LogP) is 6.28. The van der Waals surface area contributed by atoms with E-state index in [-0.39, 0.29) is 16.7 Å². The molecule has 0 aromatic heterocycles. The van der Waals surface area contributed by atoms with Crippen molar-refractivity contribution in [2.75, 3.05) is 12.0 Å². The second-order valence-corrected chi connectivity index (χ2v) is 11.3. The number of hydrogen-bond acceptors (Lipinski definition) is 5. The molecular weight excluding hydrogens is 490 g/mol. The van der Waals surface area contributed by atoms with Crippen molar-refractivity contribution in [1.82, 2.24) is 0 Å². The molecule has 6 heteroatoms. The topological polar surface area (TPSA) is 83.9 Å². The van der Waals surface area contributed by atoms with Gasteiger partial charge in [0.25, 0.3) is 11.7 Å². The summed E-state index contributed by atoms with van der Waals surface area (Å²) in [6, 6.07) is 19.1. The monoisotopic (exact) mass is 523 g/mol. The Bertz CT molecular complexity index is 1480. The summed E-state index contributed by atoms with van der Waals surface area (Å²) < 4.78 is 4.79. The van der Waals surface area contributed by atoms with Gasteiger partial charge >= 0.3 is 5.97 Å². The van der Waals surface area contributed by atoms with Gasteiger partial charge in [-0.25, -0.2) is 4.79 Å². The highest BCUT2D eigenvalue weighted by Gasteiger charge is 2.47.